The van der Waals surface area contributed by atoms with Gasteiger partial charge in [0.25, 0.3) is 0 Å². The summed E-state index contributed by atoms with van der Waals surface area (Å²) < 4.78 is 44.4. The van der Waals surface area contributed by atoms with E-state index < -0.39 is 17.5 Å². The molecule has 0 fully saturated rings. The number of rotatable bonds is 5. The van der Waals surface area contributed by atoms with Gasteiger partial charge in [0.2, 0.25) is 0 Å². The number of likely N-dealkylation sites (N-methyl/N-ethyl adjacent to an activating group) is 1. The van der Waals surface area contributed by atoms with Crippen LogP contribution in [0, 0.1) is 17.5 Å². The Labute approximate surface area is 108 Å². The first-order valence-electron chi connectivity index (χ1n) is 5.92. The number of aromatic nitrogens is 1. The summed E-state index contributed by atoms with van der Waals surface area (Å²) in [6.45, 7) is 3.51. The highest BCUT2D eigenvalue weighted by atomic mass is 19.2. The standard InChI is InChI=1S/C13H13F3N2O/c1-2-17-4-3-12-18-7-11(19-12)8-5-9(14)13(16)10(15)6-8/h5-7,17H,2-4H2,1H3. The van der Waals surface area contributed by atoms with Crippen molar-refractivity contribution in [1.29, 1.82) is 0 Å². The molecule has 19 heavy (non-hydrogen) atoms. The number of oxazole rings is 1. The van der Waals surface area contributed by atoms with E-state index >= 15 is 0 Å². The molecule has 2 aromatic rings. The van der Waals surface area contributed by atoms with Gasteiger partial charge in [-0.05, 0) is 18.7 Å². The van der Waals surface area contributed by atoms with Crippen LogP contribution in [0.15, 0.2) is 22.7 Å². The lowest BCUT2D eigenvalue weighted by Crippen LogP contribution is -2.16. The molecule has 0 saturated carbocycles. The maximum Gasteiger partial charge on any atom is 0.196 e. The third kappa shape index (κ3) is 3.14. The Morgan fingerprint density at radius 3 is 2.53 bits per heavy atom. The average molecular weight is 270 g/mol. The highest BCUT2D eigenvalue weighted by Gasteiger charge is 2.14. The van der Waals surface area contributed by atoms with E-state index in [0.29, 0.717) is 18.9 Å². The Bertz CT molecular complexity index is 546. The zero-order valence-corrected chi connectivity index (χ0v) is 10.3. The molecule has 0 aliphatic heterocycles. The first-order chi connectivity index (χ1) is 9.11. The van der Waals surface area contributed by atoms with Crippen molar-refractivity contribution in [3.63, 3.8) is 0 Å². The maximum atomic E-state index is 13.1. The van der Waals surface area contributed by atoms with Gasteiger partial charge in [-0.1, -0.05) is 6.92 Å². The van der Waals surface area contributed by atoms with Crippen molar-refractivity contribution in [3.8, 4) is 11.3 Å². The Kier molecular flexibility index (Phi) is 4.21. The molecule has 1 aromatic carbocycles. The molecule has 0 radical (unpaired) electrons. The van der Waals surface area contributed by atoms with Gasteiger partial charge in [-0.2, -0.15) is 0 Å². The summed E-state index contributed by atoms with van der Waals surface area (Å²) in [5.41, 5.74) is 0.124. The van der Waals surface area contributed by atoms with Crippen molar-refractivity contribution in [2.24, 2.45) is 0 Å². The van der Waals surface area contributed by atoms with Gasteiger partial charge in [0.05, 0.1) is 6.20 Å². The largest absolute Gasteiger partial charge is 0.441 e. The molecule has 1 aromatic heterocycles. The zero-order valence-electron chi connectivity index (χ0n) is 10.3. The lowest BCUT2D eigenvalue weighted by Gasteiger charge is -2.00. The summed E-state index contributed by atoms with van der Waals surface area (Å²) in [4.78, 5) is 4.00. The van der Waals surface area contributed by atoms with Crippen LogP contribution in [0.2, 0.25) is 0 Å². The predicted octanol–water partition coefficient (Wildman–Crippen LogP) is 2.91. The van der Waals surface area contributed by atoms with Gasteiger partial charge in [-0.15, -0.1) is 0 Å². The van der Waals surface area contributed by atoms with Crippen molar-refractivity contribution in [2.45, 2.75) is 13.3 Å². The molecule has 0 aliphatic rings. The van der Waals surface area contributed by atoms with Crippen LogP contribution in [0.25, 0.3) is 11.3 Å². The number of nitrogens with zero attached hydrogens (tertiary/aromatic N) is 1. The number of nitrogens with one attached hydrogen (secondary N) is 1. The Morgan fingerprint density at radius 2 is 1.89 bits per heavy atom. The minimum Gasteiger partial charge on any atom is -0.441 e. The molecule has 0 amide bonds. The molecule has 2 rings (SSSR count). The first-order valence-corrected chi connectivity index (χ1v) is 5.92. The van der Waals surface area contributed by atoms with E-state index in [1.54, 1.807) is 0 Å². The lowest BCUT2D eigenvalue weighted by molar-refractivity contribution is 0.446. The molecule has 0 spiro atoms. The normalized spacial score (nSPS) is 10.9. The van der Waals surface area contributed by atoms with E-state index in [2.05, 4.69) is 10.3 Å². The number of hydrogen-bond acceptors (Lipinski definition) is 3. The fraction of sp³-hybridized carbons (Fsp3) is 0.308. The SMILES string of the molecule is CCNCCc1ncc(-c2cc(F)c(F)c(F)c2)o1. The average Bonchev–Trinajstić information content (AvgIpc) is 2.84. The Balaban J connectivity index is 2.18. The number of halogens is 3. The van der Waals surface area contributed by atoms with Gasteiger partial charge < -0.3 is 9.73 Å². The molecule has 0 unspecified atom stereocenters. The highest BCUT2D eigenvalue weighted by molar-refractivity contribution is 5.56. The van der Waals surface area contributed by atoms with E-state index in [1.165, 1.54) is 6.20 Å². The lowest BCUT2D eigenvalue weighted by atomic mass is 10.1. The van der Waals surface area contributed by atoms with E-state index in [4.69, 9.17) is 4.42 Å². The summed E-state index contributed by atoms with van der Waals surface area (Å²) in [7, 11) is 0. The molecule has 3 nitrogen and oxygen atoms in total. The van der Waals surface area contributed by atoms with Crippen LogP contribution in [-0.4, -0.2) is 18.1 Å². The fourth-order valence-electron chi connectivity index (χ4n) is 1.63. The summed E-state index contributed by atoms with van der Waals surface area (Å²) in [5.74, 6) is -3.32. The van der Waals surface area contributed by atoms with E-state index in [9.17, 15) is 13.2 Å². The van der Waals surface area contributed by atoms with Gasteiger partial charge in [-0.25, -0.2) is 18.2 Å². The van der Waals surface area contributed by atoms with E-state index in [-0.39, 0.29) is 11.3 Å². The fourth-order valence-corrected chi connectivity index (χ4v) is 1.63. The smallest absolute Gasteiger partial charge is 0.196 e. The van der Waals surface area contributed by atoms with Gasteiger partial charge >= 0.3 is 0 Å². The first kappa shape index (κ1) is 13.6. The van der Waals surface area contributed by atoms with Crippen LogP contribution in [0.3, 0.4) is 0 Å². The van der Waals surface area contributed by atoms with Crippen LogP contribution >= 0.6 is 0 Å². The summed E-state index contributed by atoms with van der Waals surface area (Å²) in [6, 6.07) is 1.76. The Hall–Kier alpha value is -1.82. The van der Waals surface area contributed by atoms with Gasteiger partial charge in [0.1, 0.15) is 0 Å². The summed E-state index contributed by atoms with van der Waals surface area (Å²) in [6.07, 6.45) is 1.94. The van der Waals surface area contributed by atoms with Crippen LogP contribution in [-0.2, 0) is 6.42 Å². The monoisotopic (exact) mass is 270 g/mol. The molecule has 1 heterocycles. The van der Waals surface area contributed by atoms with Gasteiger partial charge in [0, 0.05) is 18.5 Å². The molecule has 0 saturated heterocycles. The quantitative estimate of drug-likeness (QED) is 0.670. The number of benzene rings is 1. The van der Waals surface area contributed by atoms with Crippen LogP contribution in [0.1, 0.15) is 12.8 Å². The minimum absolute atomic E-state index is 0.124. The second-order valence-electron chi connectivity index (χ2n) is 3.98. The van der Waals surface area contributed by atoms with Crippen molar-refractivity contribution >= 4 is 0 Å². The summed E-state index contributed by atoms with van der Waals surface area (Å²) in [5, 5.41) is 3.10. The minimum atomic E-state index is -1.49. The van der Waals surface area contributed by atoms with Crippen LogP contribution in [0.5, 0.6) is 0 Å². The predicted molar refractivity (Wildman–Crippen MR) is 64.1 cm³/mol. The molecular weight excluding hydrogens is 257 g/mol. The Morgan fingerprint density at radius 1 is 1.21 bits per heavy atom. The molecule has 1 N–H and O–H groups in total. The second kappa shape index (κ2) is 5.88. The van der Waals surface area contributed by atoms with Crippen LogP contribution in [0.4, 0.5) is 13.2 Å². The molecular formula is C13H13F3N2O. The van der Waals surface area contributed by atoms with Crippen molar-refractivity contribution < 1.29 is 17.6 Å². The third-order valence-electron chi connectivity index (χ3n) is 2.59. The topological polar surface area (TPSA) is 38.1 Å². The van der Waals surface area contributed by atoms with Gasteiger partial charge in [0.15, 0.2) is 29.1 Å². The van der Waals surface area contributed by atoms with Crippen molar-refractivity contribution in [2.75, 3.05) is 13.1 Å². The molecule has 0 atom stereocenters. The molecule has 0 aliphatic carbocycles. The number of hydrogen-bond donors (Lipinski definition) is 1. The molecule has 6 heteroatoms. The molecule has 102 valence electrons. The highest BCUT2D eigenvalue weighted by Crippen LogP contribution is 2.24. The molecule has 0 bridgehead atoms. The third-order valence-corrected chi connectivity index (χ3v) is 2.59. The second-order valence-corrected chi connectivity index (χ2v) is 3.98. The van der Waals surface area contributed by atoms with Crippen LogP contribution < -0.4 is 5.32 Å². The zero-order chi connectivity index (χ0) is 13.8. The van der Waals surface area contributed by atoms with E-state index in [1.807, 2.05) is 6.92 Å². The van der Waals surface area contributed by atoms with E-state index in [0.717, 1.165) is 18.7 Å². The van der Waals surface area contributed by atoms with Crippen molar-refractivity contribution in [1.82, 2.24) is 10.3 Å². The van der Waals surface area contributed by atoms with Gasteiger partial charge in [-0.3, -0.25) is 0 Å². The maximum absolute atomic E-state index is 13.1. The van der Waals surface area contributed by atoms with Crippen molar-refractivity contribution in [3.05, 3.63) is 41.7 Å². The summed E-state index contributed by atoms with van der Waals surface area (Å²) >= 11 is 0.